The Labute approximate surface area is 184 Å². The van der Waals surface area contributed by atoms with Crippen molar-refractivity contribution in [2.24, 2.45) is 0 Å². The first kappa shape index (κ1) is 28.1. The second-order valence-electron chi connectivity index (χ2n) is 7.76. The topological polar surface area (TPSA) is 72.0 Å². The number of rotatable bonds is 9. The third-order valence-corrected chi connectivity index (χ3v) is 3.91. The minimum absolute atomic E-state index is 0.0228. The van der Waals surface area contributed by atoms with E-state index >= 15 is 0 Å². The molecular weight excluding hydrogens is 413 g/mol. The van der Waals surface area contributed by atoms with Crippen LogP contribution < -0.4 is 4.74 Å². The van der Waals surface area contributed by atoms with E-state index in [1.807, 2.05) is 53.6 Å². The zero-order valence-electron chi connectivity index (χ0n) is 19.3. The molecule has 0 saturated heterocycles. The molecule has 0 aliphatic heterocycles. The molecule has 7 nitrogen and oxygen atoms in total. The Morgan fingerprint density at radius 1 is 1.27 bits per heavy atom. The zero-order valence-corrected chi connectivity index (χ0v) is 20.0. The molecule has 30 heavy (non-hydrogen) atoms. The molecule has 0 N–H and O–H groups in total. The molecule has 0 saturated carbocycles. The van der Waals surface area contributed by atoms with Crippen molar-refractivity contribution in [2.45, 2.75) is 59.7 Å². The number of hydrogen-bond acceptors (Lipinski definition) is 6. The molecule has 1 atom stereocenters. The fourth-order valence-corrected chi connectivity index (χ4v) is 2.30. The highest BCUT2D eigenvalue weighted by Crippen LogP contribution is 2.22. The summed E-state index contributed by atoms with van der Waals surface area (Å²) in [6.07, 6.45) is 0.121. The highest BCUT2D eigenvalue weighted by molar-refractivity contribution is 6.29. The van der Waals surface area contributed by atoms with Crippen LogP contribution >= 0.6 is 11.6 Å². The molecule has 0 bridgehead atoms. The van der Waals surface area contributed by atoms with Gasteiger partial charge in [0, 0.05) is 26.1 Å². The largest absolute Gasteiger partial charge is 0.474 e. The molecule has 9 heteroatoms. The first-order valence-corrected chi connectivity index (χ1v) is 10.4. The molecule has 0 aliphatic rings. The molecule has 1 aromatic heterocycles. The van der Waals surface area contributed by atoms with Crippen LogP contribution in [0.1, 0.15) is 58.3 Å². The molecule has 0 fully saturated rings. The molecule has 0 radical (unpaired) electrons. The second-order valence-corrected chi connectivity index (χ2v) is 8.12. The summed E-state index contributed by atoms with van der Waals surface area (Å²) in [6.45, 7) is 12.8. The SMILES string of the molecule is CC.CC(CCN(CCN(C)C)C(=O)OC(C)(C)C)Oc1nc(Cl)c(F)cc1C=O. The molecule has 1 aromatic rings. The predicted octanol–water partition coefficient (Wildman–Crippen LogP) is 4.67. The molecular formula is C21H35ClFN3O4. The van der Waals surface area contributed by atoms with Gasteiger partial charge in [-0.1, -0.05) is 25.4 Å². The third kappa shape index (κ3) is 10.7. The molecule has 0 spiro atoms. The zero-order chi connectivity index (χ0) is 23.5. The van der Waals surface area contributed by atoms with Crippen molar-refractivity contribution in [3.05, 3.63) is 22.6 Å². The Morgan fingerprint density at radius 2 is 1.87 bits per heavy atom. The molecule has 172 valence electrons. The van der Waals surface area contributed by atoms with Gasteiger partial charge in [0.1, 0.15) is 5.60 Å². The van der Waals surface area contributed by atoms with E-state index in [9.17, 15) is 14.0 Å². The number of ether oxygens (including phenoxy) is 2. The quantitative estimate of drug-likeness (QED) is 0.404. The fraction of sp³-hybridized carbons (Fsp3) is 0.667. The number of hydrogen-bond donors (Lipinski definition) is 0. The average Bonchev–Trinajstić information content (AvgIpc) is 2.64. The van der Waals surface area contributed by atoms with E-state index in [-0.39, 0.29) is 16.6 Å². The van der Waals surface area contributed by atoms with Gasteiger partial charge in [-0.3, -0.25) is 4.79 Å². The van der Waals surface area contributed by atoms with Gasteiger partial charge in [-0.15, -0.1) is 0 Å². The average molecular weight is 448 g/mol. The Kier molecular flexibility index (Phi) is 12.5. The lowest BCUT2D eigenvalue weighted by molar-refractivity contribution is 0.0220. The smallest absolute Gasteiger partial charge is 0.410 e. The van der Waals surface area contributed by atoms with E-state index in [0.717, 1.165) is 6.07 Å². The van der Waals surface area contributed by atoms with Crippen LogP contribution in [-0.2, 0) is 4.74 Å². The first-order valence-electron chi connectivity index (χ1n) is 10.0. The lowest BCUT2D eigenvalue weighted by Crippen LogP contribution is -2.41. The van der Waals surface area contributed by atoms with E-state index < -0.39 is 23.6 Å². The summed E-state index contributed by atoms with van der Waals surface area (Å²) in [4.78, 5) is 30.9. The molecule has 1 heterocycles. The van der Waals surface area contributed by atoms with Crippen LogP contribution in [0.4, 0.5) is 9.18 Å². The van der Waals surface area contributed by atoms with Crippen LogP contribution in [0, 0.1) is 5.82 Å². The number of pyridine rings is 1. The van der Waals surface area contributed by atoms with Crippen LogP contribution in [0.25, 0.3) is 0 Å². The van der Waals surface area contributed by atoms with Gasteiger partial charge in [-0.25, -0.2) is 9.18 Å². The molecule has 0 aromatic carbocycles. The highest BCUT2D eigenvalue weighted by Gasteiger charge is 2.23. The van der Waals surface area contributed by atoms with E-state index in [0.29, 0.717) is 32.3 Å². The lowest BCUT2D eigenvalue weighted by Gasteiger charge is -2.29. The van der Waals surface area contributed by atoms with Crippen molar-refractivity contribution in [3.63, 3.8) is 0 Å². The molecule has 1 rings (SSSR count). The maximum Gasteiger partial charge on any atom is 0.410 e. The fourth-order valence-electron chi connectivity index (χ4n) is 2.17. The highest BCUT2D eigenvalue weighted by atomic mass is 35.5. The molecule has 1 unspecified atom stereocenters. The van der Waals surface area contributed by atoms with Gasteiger partial charge in [0.05, 0.1) is 11.7 Å². The standard InChI is InChI=1S/C19H29ClFN3O4.C2H6/c1-13(27-17-14(12-25)11-15(21)16(20)22-17)7-8-24(10-9-23(5)6)18(26)28-19(2,3)4;1-2/h11-13H,7-10H2,1-6H3;1-2H3. The van der Waals surface area contributed by atoms with Crippen LogP contribution in [0.15, 0.2) is 6.07 Å². The summed E-state index contributed by atoms with van der Waals surface area (Å²) >= 11 is 5.67. The Bertz CT molecular complexity index is 681. The predicted molar refractivity (Wildman–Crippen MR) is 117 cm³/mol. The number of carbonyl (C=O) groups is 2. The minimum atomic E-state index is -0.788. The van der Waals surface area contributed by atoms with Gasteiger partial charge in [-0.05, 0) is 47.9 Å². The van der Waals surface area contributed by atoms with E-state index in [4.69, 9.17) is 21.1 Å². The van der Waals surface area contributed by atoms with E-state index in [2.05, 4.69) is 4.98 Å². The number of likely N-dealkylation sites (N-methyl/N-ethyl adjacent to an activating group) is 1. The number of halogens is 2. The number of nitrogens with zero attached hydrogens (tertiary/aromatic N) is 3. The van der Waals surface area contributed by atoms with Crippen molar-refractivity contribution < 1.29 is 23.5 Å². The van der Waals surface area contributed by atoms with Crippen LogP contribution in [-0.4, -0.2) is 72.6 Å². The number of amides is 1. The van der Waals surface area contributed by atoms with Crippen LogP contribution in [0.5, 0.6) is 5.88 Å². The maximum absolute atomic E-state index is 13.4. The monoisotopic (exact) mass is 447 g/mol. The van der Waals surface area contributed by atoms with Crippen molar-refractivity contribution in [3.8, 4) is 5.88 Å². The Morgan fingerprint density at radius 3 is 2.37 bits per heavy atom. The normalized spacial score (nSPS) is 12.0. The van der Waals surface area contributed by atoms with Gasteiger partial charge < -0.3 is 19.3 Å². The van der Waals surface area contributed by atoms with Crippen molar-refractivity contribution in [1.82, 2.24) is 14.8 Å². The number of aldehydes is 1. The maximum atomic E-state index is 13.4. The molecule has 1 amide bonds. The Balaban J connectivity index is 0.00000407. The summed E-state index contributed by atoms with van der Waals surface area (Å²) in [5.74, 6) is -0.824. The lowest BCUT2D eigenvalue weighted by atomic mass is 10.2. The second kappa shape index (κ2) is 13.4. The van der Waals surface area contributed by atoms with Crippen molar-refractivity contribution in [2.75, 3.05) is 33.7 Å². The van der Waals surface area contributed by atoms with Gasteiger partial charge in [0.25, 0.3) is 0 Å². The van der Waals surface area contributed by atoms with Gasteiger partial charge in [0.2, 0.25) is 5.88 Å². The summed E-state index contributed by atoms with van der Waals surface area (Å²) in [7, 11) is 3.84. The Hall–Kier alpha value is -1.93. The van der Waals surface area contributed by atoms with Gasteiger partial charge >= 0.3 is 6.09 Å². The van der Waals surface area contributed by atoms with E-state index in [1.54, 1.807) is 11.8 Å². The van der Waals surface area contributed by atoms with Crippen LogP contribution in [0.2, 0.25) is 5.15 Å². The summed E-state index contributed by atoms with van der Waals surface area (Å²) in [5.41, 5.74) is -0.617. The van der Waals surface area contributed by atoms with Gasteiger partial charge in [-0.2, -0.15) is 4.98 Å². The van der Waals surface area contributed by atoms with Gasteiger partial charge in [0.15, 0.2) is 17.3 Å². The first-order chi connectivity index (χ1) is 13.9. The minimum Gasteiger partial charge on any atom is -0.474 e. The van der Waals surface area contributed by atoms with Crippen molar-refractivity contribution >= 4 is 24.0 Å². The summed E-state index contributed by atoms with van der Waals surface area (Å²) < 4.78 is 24.5. The van der Waals surface area contributed by atoms with Crippen molar-refractivity contribution in [1.29, 1.82) is 0 Å². The number of carbonyl (C=O) groups excluding carboxylic acids is 2. The third-order valence-electron chi connectivity index (χ3n) is 3.64. The van der Waals surface area contributed by atoms with Crippen LogP contribution in [0.3, 0.4) is 0 Å². The van der Waals surface area contributed by atoms with E-state index in [1.165, 1.54) is 0 Å². The summed E-state index contributed by atoms with van der Waals surface area (Å²) in [5, 5.41) is -0.367. The number of aromatic nitrogens is 1. The summed E-state index contributed by atoms with van der Waals surface area (Å²) in [6, 6.07) is 0.981. The molecule has 0 aliphatic carbocycles.